The van der Waals surface area contributed by atoms with E-state index in [0.717, 1.165) is 21.5 Å². The minimum Gasteiger partial charge on any atom is -0.121 e. The molecule has 0 amide bonds. The summed E-state index contributed by atoms with van der Waals surface area (Å²) in [6, 6.07) is 24.9. The SMILES string of the molecule is CCCCCCCCCCC(c1ccc(Cl)cc1)C(P)(c1ccc(Cl)cc1)c1ccc(Cl)cc1. The maximum Gasteiger partial charge on any atom is 0.0412 e. The van der Waals surface area contributed by atoms with E-state index in [4.69, 9.17) is 34.8 Å². The lowest BCUT2D eigenvalue weighted by molar-refractivity contribution is 0.477. The number of halogens is 3. The highest BCUT2D eigenvalue weighted by Crippen LogP contribution is 2.52. The molecule has 2 unspecified atom stereocenters. The van der Waals surface area contributed by atoms with Crippen LogP contribution < -0.4 is 0 Å². The Labute approximate surface area is 223 Å². The topological polar surface area (TPSA) is 0 Å². The van der Waals surface area contributed by atoms with Crippen LogP contribution in [0, 0.1) is 0 Å². The zero-order valence-corrected chi connectivity index (χ0v) is 23.5. The van der Waals surface area contributed by atoms with Gasteiger partial charge in [-0.05, 0) is 59.5 Å². The third-order valence-corrected chi connectivity index (χ3v) is 8.64. The van der Waals surface area contributed by atoms with Gasteiger partial charge in [-0.2, -0.15) is 0 Å². The van der Waals surface area contributed by atoms with Crippen LogP contribution in [-0.2, 0) is 5.16 Å². The van der Waals surface area contributed by atoms with Crippen molar-refractivity contribution in [1.82, 2.24) is 0 Å². The fraction of sp³-hybridized carbons (Fsp3) is 0.400. The third-order valence-electron chi connectivity index (χ3n) is 6.81. The molecule has 0 heterocycles. The Bertz CT molecular complexity index is 936. The monoisotopic (exact) mass is 532 g/mol. The molecule has 0 saturated carbocycles. The van der Waals surface area contributed by atoms with Crippen molar-refractivity contribution < 1.29 is 0 Å². The fourth-order valence-electron chi connectivity index (χ4n) is 4.86. The summed E-state index contributed by atoms with van der Waals surface area (Å²) in [6.45, 7) is 2.27. The maximum absolute atomic E-state index is 6.27. The number of hydrogen-bond acceptors (Lipinski definition) is 0. The second-order valence-electron chi connectivity index (χ2n) is 9.25. The highest BCUT2D eigenvalue weighted by Gasteiger charge is 2.38. The van der Waals surface area contributed by atoms with Gasteiger partial charge in [-0.15, -0.1) is 9.24 Å². The fourth-order valence-corrected chi connectivity index (χ4v) is 5.98. The van der Waals surface area contributed by atoms with E-state index in [2.05, 4.69) is 52.6 Å². The van der Waals surface area contributed by atoms with Gasteiger partial charge in [0.25, 0.3) is 0 Å². The Balaban J connectivity index is 1.91. The predicted octanol–water partition coefficient (Wildman–Crippen LogP) is 11.1. The first-order valence-corrected chi connectivity index (χ1v) is 14.2. The molecule has 0 aliphatic rings. The van der Waals surface area contributed by atoms with Gasteiger partial charge in [0.1, 0.15) is 0 Å². The van der Waals surface area contributed by atoms with Gasteiger partial charge in [0, 0.05) is 26.1 Å². The number of hydrogen-bond donors (Lipinski definition) is 0. The van der Waals surface area contributed by atoms with Crippen molar-refractivity contribution in [3.8, 4) is 0 Å². The number of rotatable bonds is 13. The molecule has 0 bridgehead atoms. The van der Waals surface area contributed by atoms with Crippen molar-refractivity contribution in [1.29, 1.82) is 0 Å². The van der Waals surface area contributed by atoms with Gasteiger partial charge in [-0.25, -0.2) is 0 Å². The Hall–Kier alpha value is -1.04. The minimum absolute atomic E-state index is 0.261. The summed E-state index contributed by atoms with van der Waals surface area (Å²) in [5.41, 5.74) is 3.75. The molecular formula is C30H36Cl3P. The zero-order chi connectivity index (χ0) is 24.4. The molecule has 0 aromatic heterocycles. The minimum atomic E-state index is -0.315. The lowest BCUT2D eigenvalue weighted by atomic mass is 9.73. The molecule has 0 aliphatic carbocycles. The summed E-state index contributed by atoms with van der Waals surface area (Å²) < 4.78 is 0. The van der Waals surface area contributed by atoms with E-state index in [9.17, 15) is 0 Å². The number of benzene rings is 3. The van der Waals surface area contributed by atoms with Crippen LogP contribution in [0.3, 0.4) is 0 Å². The molecule has 0 radical (unpaired) electrons. The molecule has 0 saturated heterocycles. The molecule has 0 N–H and O–H groups in total. The van der Waals surface area contributed by atoms with Gasteiger partial charge >= 0.3 is 0 Å². The summed E-state index contributed by atoms with van der Waals surface area (Å²) in [5, 5.41) is 1.95. The van der Waals surface area contributed by atoms with Gasteiger partial charge < -0.3 is 0 Å². The Morgan fingerprint density at radius 3 is 1.41 bits per heavy atom. The van der Waals surface area contributed by atoms with E-state index in [-0.39, 0.29) is 11.1 Å². The second-order valence-corrected chi connectivity index (χ2v) is 11.5. The maximum atomic E-state index is 6.27. The van der Waals surface area contributed by atoms with Gasteiger partial charge in [-0.1, -0.05) is 129 Å². The Morgan fingerprint density at radius 2 is 0.971 bits per heavy atom. The lowest BCUT2D eigenvalue weighted by Gasteiger charge is -2.40. The molecule has 0 fully saturated rings. The van der Waals surface area contributed by atoms with Gasteiger partial charge in [0.05, 0.1) is 0 Å². The normalized spacial score (nSPS) is 12.6. The second kappa shape index (κ2) is 13.9. The van der Waals surface area contributed by atoms with Gasteiger partial charge in [-0.3, -0.25) is 0 Å². The molecule has 3 rings (SSSR count). The number of unbranched alkanes of at least 4 members (excludes halogenated alkanes) is 7. The average Bonchev–Trinajstić information content (AvgIpc) is 2.84. The van der Waals surface area contributed by atoms with Crippen molar-refractivity contribution in [2.75, 3.05) is 0 Å². The van der Waals surface area contributed by atoms with E-state index in [1.54, 1.807) is 0 Å². The Kier molecular flexibility index (Phi) is 11.3. The van der Waals surface area contributed by atoms with Crippen molar-refractivity contribution in [2.45, 2.75) is 75.8 Å². The molecular weight excluding hydrogens is 498 g/mol. The van der Waals surface area contributed by atoms with Crippen molar-refractivity contribution in [2.24, 2.45) is 0 Å². The van der Waals surface area contributed by atoms with E-state index >= 15 is 0 Å². The Morgan fingerprint density at radius 1 is 0.588 bits per heavy atom. The van der Waals surface area contributed by atoms with Crippen molar-refractivity contribution in [3.63, 3.8) is 0 Å². The van der Waals surface area contributed by atoms with Crippen LogP contribution in [0.2, 0.25) is 15.1 Å². The molecule has 182 valence electrons. The van der Waals surface area contributed by atoms with Crippen molar-refractivity contribution in [3.05, 3.63) is 105 Å². The first-order valence-electron chi connectivity index (χ1n) is 12.5. The highest BCUT2D eigenvalue weighted by atomic mass is 35.5. The smallest absolute Gasteiger partial charge is 0.0412 e. The molecule has 0 spiro atoms. The summed E-state index contributed by atoms with van der Waals surface area (Å²) in [7, 11) is 3.21. The van der Waals surface area contributed by atoms with Crippen LogP contribution in [-0.4, -0.2) is 0 Å². The summed E-state index contributed by atoms with van der Waals surface area (Å²) in [6.07, 6.45) is 11.6. The first-order chi connectivity index (χ1) is 16.4. The van der Waals surface area contributed by atoms with Crippen LogP contribution in [0.1, 0.15) is 87.3 Å². The third kappa shape index (κ3) is 7.48. The predicted molar refractivity (Wildman–Crippen MR) is 155 cm³/mol. The molecule has 34 heavy (non-hydrogen) atoms. The van der Waals surface area contributed by atoms with E-state index < -0.39 is 0 Å². The molecule has 0 nitrogen and oxygen atoms in total. The van der Waals surface area contributed by atoms with Gasteiger partial charge in [0.15, 0.2) is 0 Å². The summed E-state index contributed by atoms with van der Waals surface area (Å²) in [5.74, 6) is 0.261. The largest absolute Gasteiger partial charge is 0.121 e. The van der Waals surface area contributed by atoms with Crippen LogP contribution in [0.15, 0.2) is 72.8 Å². The lowest BCUT2D eigenvalue weighted by Crippen LogP contribution is -2.29. The summed E-state index contributed by atoms with van der Waals surface area (Å²) >= 11 is 18.8. The van der Waals surface area contributed by atoms with Crippen LogP contribution in [0.5, 0.6) is 0 Å². The molecule has 2 atom stereocenters. The molecule has 0 aliphatic heterocycles. The molecule has 4 heteroatoms. The van der Waals surface area contributed by atoms with E-state index in [1.807, 2.05) is 36.4 Å². The van der Waals surface area contributed by atoms with E-state index in [0.29, 0.717) is 0 Å². The van der Waals surface area contributed by atoms with Crippen LogP contribution in [0.4, 0.5) is 0 Å². The van der Waals surface area contributed by atoms with Crippen molar-refractivity contribution >= 4 is 44.0 Å². The average molecular weight is 534 g/mol. The van der Waals surface area contributed by atoms with E-state index in [1.165, 1.54) is 68.1 Å². The van der Waals surface area contributed by atoms with Crippen LogP contribution >= 0.6 is 44.0 Å². The van der Waals surface area contributed by atoms with Crippen LogP contribution in [0.25, 0.3) is 0 Å². The highest BCUT2D eigenvalue weighted by molar-refractivity contribution is 7.19. The quantitative estimate of drug-likeness (QED) is 0.151. The standard InChI is InChI=1S/C30H36Cl3P/c1-2-3-4-5-6-7-8-9-10-29(23-11-17-26(31)18-12-23)30(34,24-13-19-27(32)20-14-24)25-15-21-28(33)22-16-25/h11-22,29H,2-10,34H2,1H3. The van der Waals surface area contributed by atoms with Gasteiger partial charge in [0.2, 0.25) is 0 Å². The zero-order valence-electron chi connectivity index (χ0n) is 20.1. The first kappa shape index (κ1) is 27.5. The molecule has 3 aromatic carbocycles. The molecule has 3 aromatic rings. The summed E-state index contributed by atoms with van der Waals surface area (Å²) in [4.78, 5) is 0.